The average Bonchev–Trinajstić information content (AvgIpc) is 2.57. The lowest BCUT2D eigenvalue weighted by atomic mass is 10.2. The highest BCUT2D eigenvalue weighted by atomic mass is 32.2. The van der Waals surface area contributed by atoms with Crippen molar-refractivity contribution in [2.45, 2.75) is 32.7 Å². The molecule has 1 aliphatic heterocycles. The van der Waals surface area contributed by atoms with E-state index < -0.39 is 0 Å². The van der Waals surface area contributed by atoms with Crippen LogP contribution in [-0.2, 0) is 0 Å². The van der Waals surface area contributed by atoms with E-state index in [-0.39, 0.29) is 0 Å². The molecule has 0 amide bonds. The average molecular weight is 330 g/mol. The van der Waals surface area contributed by atoms with Crippen molar-refractivity contribution in [3.63, 3.8) is 0 Å². The van der Waals surface area contributed by atoms with Crippen LogP contribution in [0.2, 0.25) is 0 Å². The van der Waals surface area contributed by atoms with Crippen molar-refractivity contribution in [2.24, 2.45) is 4.99 Å². The molecule has 0 aromatic heterocycles. The Labute approximate surface area is 141 Å². The van der Waals surface area contributed by atoms with E-state index in [4.69, 9.17) is 0 Å². The van der Waals surface area contributed by atoms with Crippen LogP contribution in [0.1, 0.15) is 26.7 Å². The van der Waals surface area contributed by atoms with E-state index in [1.54, 1.807) is 0 Å². The third-order valence-corrected chi connectivity index (χ3v) is 5.03. The van der Waals surface area contributed by atoms with Gasteiger partial charge in [-0.15, -0.1) is 0 Å². The van der Waals surface area contributed by atoms with Crippen LogP contribution >= 0.6 is 11.8 Å². The molecule has 5 nitrogen and oxygen atoms in total. The van der Waals surface area contributed by atoms with Gasteiger partial charge in [0, 0.05) is 52.4 Å². The second kappa shape index (κ2) is 12.0. The van der Waals surface area contributed by atoms with Gasteiger partial charge < -0.3 is 15.5 Å². The number of nitrogens with one attached hydrogen (secondary N) is 2. The molecule has 0 radical (unpaired) electrons. The topological polar surface area (TPSA) is 42.9 Å². The summed E-state index contributed by atoms with van der Waals surface area (Å²) in [5.41, 5.74) is 0. The predicted octanol–water partition coefficient (Wildman–Crippen LogP) is 1.32. The Bertz CT molecular complexity index is 303. The second-order valence-corrected chi connectivity index (χ2v) is 6.88. The van der Waals surface area contributed by atoms with Crippen LogP contribution in [0, 0.1) is 0 Å². The Morgan fingerprint density at radius 3 is 2.50 bits per heavy atom. The number of thioether (sulfide) groups is 1. The number of guanidine groups is 1. The van der Waals surface area contributed by atoms with Crippen LogP contribution in [0.5, 0.6) is 0 Å². The van der Waals surface area contributed by atoms with Gasteiger partial charge in [-0.2, -0.15) is 11.8 Å². The van der Waals surface area contributed by atoms with E-state index in [1.165, 1.54) is 51.3 Å². The molecule has 0 aromatic rings. The number of hydrogen-bond donors (Lipinski definition) is 2. The molecule has 1 saturated heterocycles. The maximum Gasteiger partial charge on any atom is 0.191 e. The molecular formula is C16H35N5S. The smallest absolute Gasteiger partial charge is 0.191 e. The minimum atomic E-state index is 0.550. The Kier molecular flexibility index (Phi) is 10.7. The molecule has 2 N–H and O–H groups in total. The Hall–Kier alpha value is -0.460. The van der Waals surface area contributed by atoms with E-state index >= 15 is 0 Å². The normalized spacial score (nSPS) is 19.2. The number of nitrogens with zero attached hydrogens (tertiary/aromatic N) is 3. The zero-order chi connectivity index (χ0) is 16.2. The van der Waals surface area contributed by atoms with Crippen molar-refractivity contribution < 1.29 is 0 Å². The maximum absolute atomic E-state index is 4.31. The summed E-state index contributed by atoms with van der Waals surface area (Å²) in [7, 11) is 1.85. The van der Waals surface area contributed by atoms with E-state index in [2.05, 4.69) is 45.5 Å². The molecule has 1 atom stereocenters. The van der Waals surface area contributed by atoms with Gasteiger partial charge in [-0.3, -0.25) is 9.89 Å². The van der Waals surface area contributed by atoms with Crippen molar-refractivity contribution in [1.82, 2.24) is 20.4 Å². The first kappa shape index (κ1) is 19.6. The van der Waals surface area contributed by atoms with E-state index in [1.807, 2.05) is 18.8 Å². The van der Waals surface area contributed by atoms with Gasteiger partial charge in [0.05, 0.1) is 0 Å². The van der Waals surface area contributed by atoms with Gasteiger partial charge in [-0.1, -0.05) is 6.92 Å². The Morgan fingerprint density at radius 2 is 1.91 bits per heavy atom. The van der Waals surface area contributed by atoms with Crippen LogP contribution in [-0.4, -0.2) is 86.7 Å². The highest BCUT2D eigenvalue weighted by Gasteiger charge is 2.20. The first-order chi connectivity index (χ1) is 10.7. The number of piperazine rings is 1. The van der Waals surface area contributed by atoms with Crippen LogP contribution in [0.3, 0.4) is 0 Å². The molecule has 130 valence electrons. The largest absolute Gasteiger partial charge is 0.356 e. The summed E-state index contributed by atoms with van der Waals surface area (Å²) in [6, 6.07) is 0.550. The molecule has 22 heavy (non-hydrogen) atoms. The van der Waals surface area contributed by atoms with E-state index in [0.29, 0.717) is 6.04 Å². The third kappa shape index (κ3) is 7.70. The maximum atomic E-state index is 4.31. The minimum absolute atomic E-state index is 0.550. The number of unbranched alkanes of at least 4 members (excludes halogenated alkanes) is 1. The highest BCUT2D eigenvalue weighted by molar-refractivity contribution is 7.98. The standard InChI is InChI=1S/C16H35N5S/c1-5-20-9-11-21(12-10-20)15(2)14-19-16(17-3)18-8-6-7-13-22-4/h15H,5-14H2,1-4H3,(H2,17,18,19). The molecule has 6 heteroatoms. The lowest BCUT2D eigenvalue weighted by molar-refractivity contribution is 0.107. The number of likely N-dealkylation sites (N-methyl/N-ethyl adjacent to an activating group) is 1. The van der Waals surface area contributed by atoms with Gasteiger partial charge in [0.15, 0.2) is 5.96 Å². The van der Waals surface area contributed by atoms with Crippen LogP contribution in [0.15, 0.2) is 4.99 Å². The highest BCUT2D eigenvalue weighted by Crippen LogP contribution is 2.05. The van der Waals surface area contributed by atoms with Crippen molar-refractivity contribution in [1.29, 1.82) is 0 Å². The summed E-state index contributed by atoms with van der Waals surface area (Å²) in [5, 5.41) is 6.87. The fourth-order valence-electron chi connectivity index (χ4n) is 2.69. The molecule has 1 unspecified atom stereocenters. The molecule has 1 rings (SSSR count). The molecule has 1 heterocycles. The molecule has 0 aliphatic carbocycles. The monoisotopic (exact) mass is 329 g/mol. The summed E-state index contributed by atoms with van der Waals surface area (Å²) in [6.07, 6.45) is 4.63. The van der Waals surface area contributed by atoms with E-state index in [0.717, 1.165) is 19.0 Å². The summed E-state index contributed by atoms with van der Waals surface area (Å²) in [4.78, 5) is 9.40. The number of aliphatic imine (C=N–C) groups is 1. The lowest BCUT2D eigenvalue weighted by Gasteiger charge is -2.37. The Morgan fingerprint density at radius 1 is 1.18 bits per heavy atom. The van der Waals surface area contributed by atoms with E-state index in [9.17, 15) is 0 Å². The van der Waals surface area contributed by atoms with Crippen molar-refractivity contribution in [2.75, 3.05) is 64.9 Å². The fourth-order valence-corrected chi connectivity index (χ4v) is 3.19. The minimum Gasteiger partial charge on any atom is -0.356 e. The van der Waals surface area contributed by atoms with Gasteiger partial charge >= 0.3 is 0 Å². The molecule has 1 fully saturated rings. The predicted molar refractivity (Wildman–Crippen MR) is 100 cm³/mol. The first-order valence-electron chi connectivity index (χ1n) is 8.61. The van der Waals surface area contributed by atoms with Gasteiger partial charge in [-0.05, 0) is 38.3 Å². The molecule has 0 saturated carbocycles. The quantitative estimate of drug-likeness (QED) is 0.379. The van der Waals surface area contributed by atoms with Gasteiger partial charge in [0.25, 0.3) is 0 Å². The Balaban J connectivity index is 2.17. The van der Waals surface area contributed by atoms with Crippen LogP contribution in [0.4, 0.5) is 0 Å². The zero-order valence-corrected chi connectivity index (χ0v) is 15.7. The fraction of sp³-hybridized carbons (Fsp3) is 0.938. The molecule has 0 aromatic carbocycles. The van der Waals surface area contributed by atoms with Crippen molar-refractivity contribution in [3.05, 3.63) is 0 Å². The van der Waals surface area contributed by atoms with Gasteiger partial charge in [0.2, 0.25) is 0 Å². The molecule has 0 bridgehead atoms. The second-order valence-electron chi connectivity index (χ2n) is 5.90. The van der Waals surface area contributed by atoms with Crippen molar-refractivity contribution >= 4 is 17.7 Å². The van der Waals surface area contributed by atoms with Crippen LogP contribution < -0.4 is 10.6 Å². The number of hydrogen-bond acceptors (Lipinski definition) is 4. The number of rotatable bonds is 9. The third-order valence-electron chi connectivity index (χ3n) is 4.33. The van der Waals surface area contributed by atoms with Gasteiger partial charge in [-0.25, -0.2) is 0 Å². The summed E-state index contributed by atoms with van der Waals surface area (Å²) >= 11 is 1.92. The summed E-state index contributed by atoms with van der Waals surface area (Å²) < 4.78 is 0. The molecule has 0 spiro atoms. The zero-order valence-electron chi connectivity index (χ0n) is 14.9. The molecule has 1 aliphatic rings. The summed E-state index contributed by atoms with van der Waals surface area (Å²) in [6.45, 7) is 12.4. The summed E-state index contributed by atoms with van der Waals surface area (Å²) in [5.74, 6) is 2.18. The SMILES string of the molecule is CCN1CCN(C(C)CNC(=NC)NCCCCSC)CC1. The van der Waals surface area contributed by atoms with Crippen molar-refractivity contribution in [3.8, 4) is 0 Å². The van der Waals surface area contributed by atoms with Crippen LogP contribution in [0.25, 0.3) is 0 Å². The molecular weight excluding hydrogens is 294 g/mol. The van der Waals surface area contributed by atoms with Gasteiger partial charge in [0.1, 0.15) is 0 Å². The lowest BCUT2D eigenvalue weighted by Crippen LogP contribution is -2.53. The first-order valence-corrected chi connectivity index (χ1v) is 10.0.